The first-order chi connectivity index (χ1) is 8.92. The van der Waals surface area contributed by atoms with E-state index in [9.17, 15) is 4.79 Å². The van der Waals surface area contributed by atoms with Crippen LogP contribution >= 0.6 is 0 Å². The van der Waals surface area contributed by atoms with Crippen LogP contribution in [0.15, 0.2) is 0 Å². The molecule has 2 unspecified atom stereocenters. The summed E-state index contributed by atoms with van der Waals surface area (Å²) < 4.78 is 0. The van der Waals surface area contributed by atoms with E-state index in [1.54, 1.807) is 0 Å². The quantitative estimate of drug-likeness (QED) is 0.831. The molecule has 0 aliphatic heterocycles. The van der Waals surface area contributed by atoms with Crippen LogP contribution in [0.2, 0.25) is 0 Å². The Balaban J connectivity index is 2.01. The van der Waals surface area contributed by atoms with Crippen molar-refractivity contribution in [2.24, 2.45) is 17.6 Å². The molecule has 0 heterocycles. The third-order valence-electron chi connectivity index (χ3n) is 4.65. The first kappa shape index (κ1) is 14.8. The van der Waals surface area contributed by atoms with Crippen LogP contribution in [-0.4, -0.2) is 28.9 Å². The van der Waals surface area contributed by atoms with E-state index in [0.29, 0.717) is 17.9 Å². The van der Waals surface area contributed by atoms with Gasteiger partial charge in [-0.05, 0) is 43.9 Å². The minimum Gasteiger partial charge on any atom is -0.338 e. The molecule has 19 heavy (non-hydrogen) atoms. The first-order valence-corrected chi connectivity index (χ1v) is 8.02. The van der Waals surface area contributed by atoms with E-state index in [2.05, 4.69) is 25.7 Å². The molecule has 0 aromatic heterocycles. The summed E-state index contributed by atoms with van der Waals surface area (Å²) in [5.74, 6) is 1.48. The number of nitrogens with zero attached hydrogens (tertiary/aromatic N) is 1. The lowest BCUT2D eigenvalue weighted by Gasteiger charge is -2.39. The molecule has 0 aromatic rings. The van der Waals surface area contributed by atoms with Crippen LogP contribution in [0, 0.1) is 11.8 Å². The summed E-state index contributed by atoms with van der Waals surface area (Å²) in [6.45, 7) is 7.56. The summed E-state index contributed by atoms with van der Waals surface area (Å²) in [6, 6.07) is 0.490. The van der Waals surface area contributed by atoms with Crippen molar-refractivity contribution in [1.82, 2.24) is 4.90 Å². The van der Waals surface area contributed by atoms with Crippen LogP contribution in [0.3, 0.4) is 0 Å². The molecule has 1 amide bonds. The zero-order valence-corrected chi connectivity index (χ0v) is 12.8. The van der Waals surface area contributed by atoms with Crippen molar-refractivity contribution >= 4 is 5.91 Å². The van der Waals surface area contributed by atoms with E-state index >= 15 is 0 Å². The number of carbonyl (C=O) groups excluding carboxylic acids is 1. The largest absolute Gasteiger partial charge is 0.338 e. The van der Waals surface area contributed by atoms with Gasteiger partial charge in [0.1, 0.15) is 0 Å². The van der Waals surface area contributed by atoms with Crippen molar-refractivity contribution in [3.8, 4) is 0 Å². The molecular weight excluding hydrogens is 236 g/mol. The fourth-order valence-corrected chi connectivity index (χ4v) is 3.31. The molecule has 2 saturated carbocycles. The Bertz CT molecular complexity index is 325. The van der Waals surface area contributed by atoms with E-state index in [1.165, 1.54) is 19.3 Å². The van der Waals surface area contributed by atoms with E-state index < -0.39 is 5.54 Å². The number of rotatable bonds is 5. The van der Waals surface area contributed by atoms with Gasteiger partial charge >= 0.3 is 0 Å². The fourth-order valence-electron chi connectivity index (χ4n) is 3.31. The number of nitrogens with two attached hydrogens (primary N) is 1. The highest BCUT2D eigenvalue weighted by molar-refractivity contribution is 5.86. The topological polar surface area (TPSA) is 46.3 Å². The van der Waals surface area contributed by atoms with Crippen molar-refractivity contribution in [2.75, 3.05) is 6.54 Å². The predicted molar refractivity (Wildman–Crippen MR) is 78.7 cm³/mol. The van der Waals surface area contributed by atoms with Gasteiger partial charge in [0.15, 0.2) is 0 Å². The van der Waals surface area contributed by atoms with Gasteiger partial charge in [-0.15, -0.1) is 0 Å². The van der Waals surface area contributed by atoms with Gasteiger partial charge in [-0.25, -0.2) is 0 Å². The average molecular weight is 266 g/mol. The Labute approximate surface area is 117 Å². The number of amides is 1. The second-order valence-corrected chi connectivity index (χ2v) is 7.27. The second-order valence-electron chi connectivity index (χ2n) is 7.27. The minimum absolute atomic E-state index is 0.238. The Hall–Kier alpha value is -0.570. The second kappa shape index (κ2) is 5.82. The summed E-state index contributed by atoms with van der Waals surface area (Å²) in [4.78, 5) is 15.0. The zero-order chi connectivity index (χ0) is 14.0. The molecule has 2 aliphatic carbocycles. The molecule has 2 fully saturated rings. The van der Waals surface area contributed by atoms with Crippen LogP contribution in [0.25, 0.3) is 0 Å². The van der Waals surface area contributed by atoms with Gasteiger partial charge in [-0.1, -0.05) is 33.6 Å². The summed E-state index contributed by atoms with van der Waals surface area (Å²) in [5, 5.41) is 0. The molecular formula is C16H30N2O. The highest BCUT2D eigenvalue weighted by atomic mass is 16.2. The molecule has 2 rings (SSSR count). The summed E-state index contributed by atoms with van der Waals surface area (Å²) in [6.07, 6.45) is 7.52. The van der Waals surface area contributed by atoms with E-state index in [4.69, 9.17) is 5.73 Å². The standard InChI is InChI=1S/C16H30N2O/c1-12(2)8-10-18(14-6-7-14)15(19)16(17)9-4-5-13(3)11-16/h12-14H,4-11,17H2,1-3H3. The molecule has 0 aromatic carbocycles. The van der Waals surface area contributed by atoms with E-state index in [1.807, 2.05) is 0 Å². The lowest BCUT2D eigenvalue weighted by atomic mass is 9.76. The third kappa shape index (κ3) is 3.71. The monoisotopic (exact) mass is 266 g/mol. The molecule has 2 atom stereocenters. The normalized spacial score (nSPS) is 31.5. The smallest absolute Gasteiger partial charge is 0.242 e. The number of hydrogen-bond donors (Lipinski definition) is 1. The molecule has 110 valence electrons. The van der Waals surface area contributed by atoms with E-state index in [-0.39, 0.29) is 5.91 Å². The third-order valence-corrected chi connectivity index (χ3v) is 4.65. The number of hydrogen-bond acceptors (Lipinski definition) is 2. The Morgan fingerprint density at radius 2 is 2.05 bits per heavy atom. The number of carbonyl (C=O) groups is 1. The summed E-state index contributed by atoms with van der Waals surface area (Å²) in [5.41, 5.74) is 5.90. The average Bonchev–Trinajstić information content (AvgIpc) is 3.12. The van der Waals surface area contributed by atoms with Crippen molar-refractivity contribution in [1.29, 1.82) is 0 Å². The van der Waals surface area contributed by atoms with Crippen LogP contribution in [0.4, 0.5) is 0 Å². The molecule has 0 spiro atoms. The van der Waals surface area contributed by atoms with Gasteiger partial charge in [-0.2, -0.15) is 0 Å². The molecule has 2 aliphatic rings. The van der Waals surface area contributed by atoms with Crippen LogP contribution in [0.1, 0.15) is 65.7 Å². The minimum atomic E-state index is -0.572. The Morgan fingerprint density at radius 1 is 1.37 bits per heavy atom. The highest BCUT2D eigenvalue weighted by Crippen LogP contribution is 2.35. The molecule has 0 bridgehead atoms. The molecule has 0 saturated heterocycles. The van der Waals surface area contributed by atoms with E-state index in [0.717, 1.165) is 32.2 Å². The van der Waals surface area contributed by atoms with Gasteiger partial charge in [0.05, 0.1) is 5.54 Å². The van der Waals surface area contributed by atoms with Crippen molar-refractivity contribution in [3.05, 3.63) is 0 Å². The predicted octanol–water partition coefficient (Wildman–Crippen LogP) is 2.93. The van der Waals surface area contributed by atoms with Crippen molar-refractivity contribution in [2.45, 2.75) is 77.3 Å². The van der Waals surface area contributed by atoms with Crippen molar-refractivity contribution < 1.29 is 4.79 Å². The fraction of sp³-hybridized carbons (Fsp3) is 0.938. The summed E-state index contributed by atoms with van der Waals surface area (Å²) in [7, 11) is 0. The molecule has 0 radical (unpaired) electrons. The first-order valence-electron chi connectivity index (χ1n) is 8.02. The van der Waals surface area contributed by atoms with Crippen LogP contribution < -0.4 is 5.73 Å². The van der Waals surface area contributed by atoms with Gasteiger partial charge in [0.2, 0.25) is 5.91 Å². The maximum Gasteiger partial charge on any atom is 0.242 e. The molecule has 2 N–H and O–H groups in total. The van der Waals surface area contributed by atoms with Crippen LogP contribution in [0.5, 0.6) is 0 Å². The van der Waals surface area contributed by atoms with Crippen LogP contribution in [-0.2, 0) is 4.79 Å². The maximum absolute atomic E-state index is 12.9. The van der Waals surface area contributed by atoms with Gasteiger partial charge in [-0.3, -0.25) is 4.79 Å². The zero-order valence-electron chi connectivity index (χ0n) is 12.8. The Kier molecular flexibility index (Phi) is 4.54. The SMILES string of the molecule is CC(C)CCN(C(=O)C1(N)CCCC(C)C1)C1CC1. The van der Waals surface area contributed by atoms with Crippen molar-refractivity contribution in [3.63, 3.8) is 0 Å². The van der Waals surface area contributed by atoms with Gasteiger partial charge in [0, 0.05) is 12.6 Å². The lowest BCUT2D eigenvalue weighted by Crippen LogP contribution is -2.58. The Morgan fingerprint density at radius 3 is 2.58 bits per heavy atom. The lowest BCUT2D eigenvalue weighted by molar-refractivity contribution is -0.139. The summed E-state index contributed by atoms with van der Waals surface area (Å²) >= 11 is 0. The maximum atomic E-state index is 12.9. The highest BCUT2D eigenvalue weighted by Gasteiger charge is 2.44. The van der Waals surface area contributed by atoms with Gasteiger partial charge < -0.3 is 10.6 Å². The van der Waals surface area contributed by atoms with Gasteiger partial charge in [0.25, 0.3) is 0 Å². The molecule has 3 heteroatoms. The molecule has 3 nitrogen and oxygen atoms in total.